The molecule has 1 rings (SSSR count). The van der Waals surface area contributed by atoms with Gasteiger partial charge in [-0.3, -0.25) is 14.4 Å². The molecule has 8 nitrogen and oxygen atoms in total. The van der Waals surface area contributed by atoms with Gasteiger partial charge in [-0.2, -0.15) is 5.26 Å². The van der Waals surface area contributed by atoms with Crippen molar-refractivity contribution in [2.75, 3.05) is 0 Å². The molecule has 4 atom stereocenters. The lowest BCUT2D eigenvalue weighted by molar-refractivity contribution is -0.195. The fourth-order valence-electron chi connectivity index (χ4n) is 1.86. The number of carbonyl (C=O) groups excluding carboxylic acids is 3. The zero-order valence-corrected chi connectivity index (χ0v) is 11.3. The van der Waals surface area contributed by atoms with Gasteiger partial charge in [-0.1, -0.05) is 0 Å². The van der Waals surface area contributed by atoms with E-state index in [2.05, 4.69) is 0 Å². The molecule has 0 radical (unpaired) electrons. The highest BCUT2D eigenvalue weighted by Gasteiger charge is 2.50. The predicted molar refractivity (Wildman–Crippen MR) is 61.8 cm³/mol. The molecule has 0 aromatic heterocycles. The van der Waals surface area contributed by atoms with E-state index >= 15 is 0 Å². The van der Waals surface area contributed by atoms with Crippen molar-refractivity contribution in [2.24, 2.45) is 0 Å². The zero-order chi connectivity index (χ0) is 15.3. The van der Waals surface area contributed by atoms with E-state index in [0.717, 1.165) is 13.8 Å². The van der Waals surface area contributed by atoms with Gasteiger partial charge in [0.05, 0.1) is 12.5 Å². The topological polar surface area (TPSA) is 112 Å². The van der Waals surface area contributed by atoms with Gasteiger partial charge < -0.3 is 18.9 Å². The molecule has 1 aliphatic rings. The first-order chi connectivity index (χ1) is 9.35. The summed E-state index contributed by atoms with van der Waals surface area (Å²) in [5.74, 6) is -1.92. The van der Waals surface area contributed by atoms with Gasteiger partial charge in [-0.15, -0.1) is 0 Å². The van der Waals surface area contributed by atoms with E-state index in [1.54, 1.807) is 0 Å². The van der Waals surface area contributed by atoms with Crippen LogP contribution in [0.5, 0.6) is 0 Å². The number of ether oxygens (including phenoxy) is 4. The number of hydrogen-bond donors (Lipinski definition) is 0. The first-order valence-corrected chi connectivity index (χ1v) is 5.89. The van der Waals surface area contributed by atoms with Gasteiger partial charge in [0.1, 0.15) is 6.10 Å². The maximum atomic E-state index is 11.1. The van der Waals surface area contributed by atoms with Crippen LogP contribution < -0.4 is 0 Å². The third kappa shape index (κ3) is 4.20. The minimum absolute atomic E-state index is 0.104. The predicted octanol–water partition coefficient (Wildman–Crippen LogP) is 0.0515. The van der Waals surface area contributed by atoms with Crippen LogP contribution in [0.4, 0.5) is 0 Å². The fourth-order valence-corrected chi connectivity index (χ4v) is 1.86. The van der Waals surface area contributed by atoms with E-state index in [1.807, 2.05) is 6.07 Å². The Balaban J connectivity index is 2.96. The minimum atomic E-state index is -1.21. The van der Waals surface area contributed by atoms with Crippen molar-refractivity contribution in [1.82, 2.24) is 0 Å². The molecule has 1 fully saturated rings. The Bertz CT molecular complexity index is 442. The van der Waals surface area contributed by atoms with Crippen molar-refractivity contribution in [3.63, 3.8) is 0 Å². The Hall–Kier alpha value is -2.14. The van der Waals surface area contributed by atoms with Crippen LogP contribution in [-0.4, -0.2) is 42.5 Å². The van der Waals surface area contributed by atoms with Gasteiger partial charge >= 0.3 is 17.9 Å². The molecule has 1 heterocycles. The van der Waals surface area contributed by atoms with Gasteiger partial charge in [-0.05, 0) is 0 Å². The van der Waals surface area contributed by atoms with Gasteiger partial charge in [0.25, 0.3) is 0 Å². The maximum absolute atomic E-state index is 11.1. The molecule has 110 valence electrons. The second-order valence-electron chi connectivity index (χ2n) is 4.16. The van der Waals surface area contributed by atoms with E-state index in [-0.39, 0.29) is 6.42 Å². The number of nitriles is 1. The summed E-state index contributed by atoms with van der Waals surface area (Å²) in [5.41, 5.74) is 0. The molecule has 0 bridgehead atoms. The third-order valence-electron chi connectivity index (χ3n) is 2.45. The lowest BCUT2D eigenvalue weighted by atomic mass is 10.1. The summed E-state index contributed by atoms with van der Waals surface area (Å²) in [6.45, 7) is 3.49. The average molecular weight is 285 g/mol. The summed E-state index contributed by atoms with van der Waals surface area (Å²) >= 11 is 0. The van der Waals surface area contributed by atoms with Gasteiger partial charge in [0, 0.05) is 20.8 Å². The first kappa shape index (κ1) is 15.9. The monoisotopic (exact) mass is 285 g/mol. The molecule has 1 saturated heterocycles. The van der Waals surface area contributed by atoms with Crippen LogP contribution in [0.25, 0.3) is 0 Å². The molecule has 0 N–H and O–H groups in total. The number of rotatable bonds is 4. The smallest absolute Gasteiger partial charge is 0.305 e. The van der Waals surface area contributed by atoms with Crippen molar-refractivity contribution >= 4 is 17.9 Å². The summed E-state index contributed by atoms with van der Waals surface area (Å²) in [5, 5.41) is 8.73. The lowest BCUT2D eigenvalue weighted by Crippen LogP contribution is -2.40. The van der Waals surface area contributed by atoms with Crippen LogP contribution in [0, 0.1) is 11.3 Å². The summed E-state index contributed by atoms with van der Waals surface area (Å²) in [7, 11) is 0. The number of nitrogens with zero attached hydrogens (tertiary/aromatic N) is 1. The maximum Gasteiger partial charge on any atom is 0.305 e. The highest BCUT2D eigenvalue weighted by molar-refractivity contribution is 5.68. The molecule has 8 heteroatoms. The van der Waals surface area contributed by atoms with Gasteiger partial charge in [0.15, 0.2) is 6.10 Å². The SMILES string of the molecule is CC(=O)OC1O[C@H](CC#N)[C@@H](OC(C)=O)[C@H]1OC(C)=O. The van der Waals surface area contributed by atoms with E-state index in [0.29, 0.717) is 0 Å². The average Bonchev–Trinajstić information content (AvgIpc) is 2.57. The van der Waals surface area contributed by atoms with Gasteiger partial charge in [-0.25, -0.2) is 0 Å². The number of esters is 3. The fraction of sp³-hybridized carbons (Fsp3) is 0.667. The van der Waals surface area contributed by atoms with Crippen LogP contribution in [0.15, 0.2) is 0 Å². The Morgan fingerprint density at radius 2 is 1.50 bits per heavy atom. The largest absolute Gasteiger partial charge is 0.455 e. The second-order valence-corrected chi connectivity index (χ2v) is 4.16. The first-order valence-electron chi connectivity index (χ1n) is 5.89. The summed E-state index contributed by atoms with van der Waals surface area (Å²) in [6.07, 6.45) is -4.25. The molecule has 0 spiro atoms. The quantitative estimate of drug-likeness (QED) is 0.526. The normalized spacial score (nSPS) is 28.3. The van der Waals surface area contributed by atoms with Crippen molar-refractivity contribution in [3.8, 4) is 6.07 Å². The van der Waals surface area contributed by atoms with Crippen molar-refractivity contribution in [3.05, 3.63) is 0 Å². The second kappa shape index (κ2) is 6.86. The minimum Gasteiger partial charge on any atom is -0.455 e. The molecular weight excluding hydrogens is 270 g/mol. The number of hydrogen-bond acceptors (Lipinski definition) is 8. The zero-order valence-electron chi connectivity index (χ0n) is 11.3. The Morgan fingerprint density at radius 3 is 1.95 bits per heavy atom. The standard InChI is InChI=1S/C12H15NO7/c1-6(14)17-10-9(4-5-13)20-12(19-8(3)16)11(10)18-7(2)15/h9-12H,4H2,1-3H3/t9-,10-,11-,12?/m1/s1. The van der Waals surface area contributed by atoms with E-state index in [4.69, 9.17) is 24.2 Å². The van der Waals surface area contributed by atoms with Crippen molar-refractivity contribution in [1.29, 1.82) is 5.26 Å². The van der Waals surface area contributed by atoms with Crippen LogP contribution in [0.1, 0.15) is 27.2 Å². The van der Waals surface area contributed by atoms with E-state index < -0.39 is 42.5 Å². The Labute approximate surface area is 115 Å². The van der Waals surface area contributed by atoms with Crippen molar-refractivity contribution in [2.45, 2.75) is 51.8 Å². The molecule has 1 unspecified atom stereocenters. The summed E-state index contributed by atoms with van der Waals surface area (Å²) in [4.78, 5) is 33.2. The Kier molecular flexibility index (Phi) is 5.46. The third-order valence-corrected chi connectivity index (χ3v) is 2.45. The highest BCUT2D eigenvalue weighted by atomic mass is 16.7. The highest BCUT2D eigenvalue weighted by Crippen LogP contribution is 2.29. The van der Waals surface area contributed by atoms with Gasteiger partial charge in [0.2, 0.25) is 12.4 Å². The summed E-state index contributed by atoms with van der Waals surface area (Å²) in [6, 6.07) is 1.86. The molecule has 0 aromatic rings. The summed E-state index contributed by atoms with van der Waals surface area (Å²) < 4.78 is 20.2. The molecule has 20 heavy (non-hydrogen) atoms. The van der Waals surface area contributed by atoms with Crippen molar-refractivity contribution < 1.29 is 33.3 Å². The molecule has 0 saturated carbocycles. The molecule has 0 aliphatic carbocycles. The van der Waals surface area contributed by atoms with Crippen LogP contribution in [0.2, 0.25) is 0 Å². The molecular formula is C12H15NO7. The van der Waals surface area contributed by atoms with E-state index in [9.17, 15) is 14.4 Å². The molecule has 0 amide bonds. The van der Waals surface area contributed by atoms with Crippen LogP contribution in [0.3, 0.4) is 0 Å². The molecule has 1 aliphatic heterocycles. The number of carbonyl (C=O) groups is 3. The molecule has 0 aromatic carbocycles. The van der Waals surface area contributed by atoms with E-state index in [1.165, 1.54) is 6.92 Å². The van der Waals surface area contributed by atoms with Crippen LogP contribution >= 0.6 is 0 Å². The Morgan fingerprint density at radius 1 is 1.00 bits per heavy atom. The van der Waals surface area contributed by atoms with Crippen LogP contribution in [-0.2, 0) is 33.3 Å². The lowest BCUT2D eigenvalue weighted by Gasteiger charge is -2.22.